The number of hydrogen-bond donors (Lipinski definition) is 2. The number of carbonyl (C=O) groups excluding carboxylic acids is 2. The van der Waals surface area contributed by atoms with E-state index in [-0.39, 0.29) is 27.3 Å². The third-order valence-corrected chi connectivity index (χ3v) is 7.52. The van der Waals surface area contributed by atoms with Gasteiger partial charge in [-0.1, -0.05) is 11.8 Å². The van der Waals surface area contributed by atoms with Crippen LogP contribution < -0.4 is 5.73 Å². The van der Waals surface area contributed by atoms with Crippen LogP contribution in [0, 0.1) is 0 Å². The van der Waals surface area contributed by atoms with Crippen LogP contribution in [-0.2, 0) is 14.4 Å². The molecule has 6 nitrogen and oxygen atoms in total. The zero-order valence-electron chi connectivity index (χ0n) is 11.0. The fourth-order valence-electron chi connectivity index (χ4n) is 2.52. The first-order valence-electron chi connectivity index (χ1n) is 6.44. The van der Waals surface area contributed by atoms with Crippen molar-refractivity contribution in [2.45, 2.75) is 23.1 Å². The highest BCUT2D eigenvalue weighted by atomic mass is 32.2. The lowest BCUT2D eigenvalue weighted by Crippen LogP contribution is -2.68. The summed E-state index contributed by atoms with van der Waals surface area (Å²) in [5.41, 5.74) is 6.47. The number of carboxylic acid groups (broad SMARTS) is 1. The Balaban J connectivity index is 1.76. The molecule has 3 aliphatic heterocycles. The molecule has 0 aromatic carbocycles. The number of nitrogens with two attached hydrogens (primary N) is 1. The number of carboxylic acids is 1. The van der Waals surface area contributed by atoms with Crippen LogP contribution in [0.1, 0.15) is 6.42 Å². The van der Waals surface area contributed by atoms with E-state index in [9.17, 15) is 19.5 Å². The lowest BCUT2D eigenvalue weighted by atomic mass is 10.0. The molecule has 2 saturated heterocycles. The molecule has 0 aliphatic carbocycles. The molecule has 3 rings (SSSR count). The van der Waals surface area contributed by atoms with Crippen LogP contribution in [0.4, 0.5) is 0 Å². The fraction of sp³-hybridized carbons (Fsp3) is 0.583. The van der Waals surface area contributed by atoms with E-state index >= 15 is 0 Å². The van der Waals surface area contributed by atoms with Gasteiger partial charge in [0.05, 0.1) is 5.25 Å². The maximum Gasteiger partial charge on any atom is 0.352 e. The first-order chi connectivity index (χ1) is 10.0. The molecule has 0 bridgehead atoms. The van der Waals surface area contributed by atoms with Crippen molar-refractivity contribution in [2.24, 2.45) is 5.73 Å². The lowest BCUT2D eigenvalue weighted by Gasteiger charge is -2.48. The normalized spacial score (nSPS) is 32.2. The summed E-state index contributed by atoms with van der Waals surface area (Å²) in [6, 6.07) is -0.605. The van der Waals surface area contributed by atoms with Crippen molar-refractivity contribution in [2.75, 3.05) is 17.3 Å². The number of hydrogen-bond acceptors (Lipinski definition) is 7. The summed E-state index contributed by atoms with van der Waals surface area (Å²) in [5.74, 6) is 0.419. The molecule has 0 saturated carbocycles. The minimum atomic E-state index is -1.09. The van der Waals surface area contributed by atoms with Crippen LogP contribution in [0.5, 0.6) is 0 Å². The average Bonchev–Trinajstić information content (AvgIpc) is 2.88. The highest BCUT2D eigenvalue weighted by molar-refractivity contribution is 8.16. The highest BCUT2D eigenvalue weighted by Gasteiger charge is 2.51. The second kappa shape index (κ2) is 5.86. The number of carbonyl (C=O) groups is 3. The molecule has 1 amide bonds. The topological polar surface area (TPSA) is 101 Å². The highest BCUT2D eigenvalue weighted by Crippen LogP contribution is 2.41. The van der Waals surface area contributed by atoms with E-state index in [1.165, 1.54) is 40.2 Å². The minimum Gasteiger partial charge on any atom is -0.477 e. The maximum absolute atomic E-state index is 11.8. The van der Waals surface area contributed by atoms with E-state index in [1.807, 2.05) is 0 Å². The molecule has 21 heavy (non-hydrogen) atoms. The summed E-state index contributed by atoms with van der Waals surface area (Å²) in [7, 11) is 0. The molecule has 3 N–H and O–H groups in total. The van der Waals surface area contributed by atoms with E-state index in [0.717, 1.165) is 12.2 Å². The van der Waals surface area contributed by atoms with Crippen molar-refractivity contribution in [3.8, 4) is 0 Å². The quantitative estimate of drug-likeness (QED) is 0.703. The zero-order chi connectivity index (χ0) is 15.1. The Morgan fingerprint density at radius 2 is 2.24 bits per heavy atom. The molecular weight excluding hydrogens is 332 g/mol. The van der Waals surface area contributed by atoms with Crippen LogP contribution in [0.25, 0.3) is 0 Å². The molecule has 0 aromatic rings. The van der Waals surface area contributed by atoms with Gasteiger partial charge < -0.3 is 10.8 Å². The SMILES string of the molecule is N[C@@H]1C(=O)N2C(C(=O)O)=C(CSC3CCSC3=O)CS[C@@H]12. The molecule has 0 spiro atoms. The number of rotatable bonds is 4. The average molecular weight is 346 g/mol. The van der Waals surface area contributed by atoms with Gasteiger partial charge >= 0.3 is 5.97 Å². The second-order valence-corrected chi connectivity index (χ2v) is 8.34. The van der Waals surface area contributed by atoms with Gasteiger partial charge in [0.15, 0.2) is 0 Å². The maximum atomic E-state index is 11.8. The van der Waals surface area contributed by atoms with Gasteiger partial charge in [0, 0.05) is 17.3 Å². The van der Waals surface area contributed by atoms with Crippen LogP contribution >= 0.6 is 35.3 Å². The predicted octanol–water partition coefficient (Wildman–Crippen LogP) is 0.333. The second-order valence-electron chi connectivity index (χ2n) is 4.95. The van der Waals surface area contributed by atoms with Crippen LogP contribution in [0.15, 0.2) is 11.3 Å². The van der Waals surface area contributed by atoms with Gasteiger partial charge in [0.25, 0.3) is 0 Å². The van der Waals surface area contributed by atoms with Gasteiger partial charge in [-0.2, -0.15) is 0 Å². The monoisotopic (exact) mass is 346 g/mol. The van der Waals surface area contributed by atoms with Crippen molar-refractivity contribution in [1.29, 1.82) is 0 Å². The minimum absolute atomic E-state index is 0.0605. The number of β-lactam (4-membered cyclic amide) rings is 1. The summed E-state index contributed by atoms with van der Waals surface area (Å²) >= 11 is 4.30. The number of thioether (sulfide) groups is 3. The van der Waals surface area contributed by atoms with Crippen LogP contribution in [0.2, 0.25) is 0 Å². The van der Waals surface area contributed by atoms with Crippen molar-refractivity contribution < 1.29 is 19.5 Å². The third-order valence-electron chi connectivity index (χ3n) is 3.64. The van der Waals surface area contributed by atoms with Gasteiger partial charge in [-0.3, -0.25) is 14.5 Å². The van der Waals surface area contributed by atoms with E-state index in [4.69, 9.17) is 5.73 Å². The number of aliphatic carboxylic acids is 1. The Bertz CT molecular complexity index is 551. The van der Waals surface area contributed by atoms with Gasteiger partial charge in [0.2, 0.25) is 11.0 Å². The van der Waals surface area contributed by atoms with Crippen LogP contribution in [-0.4, -0.2) is 60.9 Å². The molecule has 9 heteroatoms. The molecule has 0 radical (unpaired) electrons. The van der Waals surface area contributed by atoms with E-state index < -0.39 is 12.0 Å². The zero-order valence-corrected chi connectivity index (χ0v) is 13.4. The Kier molecular flexibility index (Phi) is 4.26. The van der Waals surface area contributed by atoms with Crippen molar-refractivity contribution >= 4 is 52.3 Å². The molecule has 3 heterocycles. The predicted molar refractivity (Wildman–Crippen MR) is 84.1 cm³/mol. The van der Waals surface area contributed by atoms with E-state index in [0.29, 0.717) is 17.1 Å². The van der Waals surface area contributed by atoms with Crippen LogP contribution in [0.3, 0.4) is 0 Å². The van der Waals surface area contributed by atoms with Crippen molar-refractivity contribution in [3.05, 3.63) is 11.3 Å². The van der Waals surface area contributed by atoms with E-state index in [1.54, 1.807) is 0 Å². The molecule has 0 aromatic heterocycles. The van der Waals surface area contributed by atoms with Gasteiger partial charge in [-0.05, 0) is 12.0 Å². The Labute approximate surface area is 134 Å². The summed E-state index contributed by atoms with van der Waals surface area (Å²) in [6.45, 7) is 0. The van der Waals surface area contributed by atoms with Gasteiger partial charge in [-0.25, -0.2) is 4.79 Å². The summed E-state index contributed by atoms with van der Waals surface area (Å²) in [5, 5.41) is 9.24. The molecular formula is C12H14N2O4S3. The largest absolute Gasteiger partial charge is 0.477 e. The Hall–Kier alpha value is -0.640. The lowest BCUT2D eigenvalue weighted by molar-refractivity contribution is -0.147. The molecule has 3 aliphatic rings. The Morgan fingerprint density at radius 3 is 2.86 bits per heavy atom. The number of nitrogens with zero attached hydrogens (tertiary/aromatic N) is 1. The number of fused-ring (bicyclic) bond motifs is 1. The smallest absolute Gasteiger partial charge is 0.352 e. The Morgan fingerprint density at radius 1 is 1.48 bits per heavy atom. The first-order valence-corrected chi connectivity index (χ1v) is 9.53. The number of amides is 1. The molecule has 114 valence electrons. The van der Waals surface area contributed by atoms with E-state index in [2.05, 4.69) is 0 Å². The van der Waals surface area contributed by atoms with Crippen molar-refractivity contribution in [1.82, 2.24) is 4.90 Å². The summed E-state index contributed by atoms with van der Waals surface area (Å²) < 4.78 is 0. The summed E-state index contributed by atoms with van der Waals surface area (Å²) in [6.07, 6.45) is 0.827. The molecule has 1 unspecified atom stereocenters. The van der Waals surface area contributed by atoms with Gasteiger partial charge in [0.1, 0.15) is 17.1 Å². The third kappa shape index (κ3) is 2.60. The standard InChI is InChI=1S/C12H14N2O4S3/c13-7-9(15)14-8(11(16)17)5(4-21-10(7)14)3-20-6-1-2-19-12(6)18/h6-7,10H,1-4,13H2,(H,16,17)/t6?,7-,10+/m1/s1. The first kappa shape index (κ1) is 15.3. The van der Waals surface area contributed by atoms with Crippen molar-refractivity contribution in [3.63, 3.8) is 0 Å². The molecule has 3 atom stereocenters. The molecule has 2 fully saturated rings. The van der Waals surface area contributed by atoms with Gasteiger partial charge in [-0.15, -0.1) is 23.5 Å². The summed E-state index contributed by atoms with van der Waals surface area (Å²) in [4.78, 5) is 36.2. The fourth-order valence-corrected chi connectivity index (χ4v) is 6.42.